The summed E-state index contributed by atoms with van der Waals surface area (Å²) in [6.07, 6.45) is 1.98. The molecule has 0 spiro atoms. The van der Waals surface area contributed by atoms with E-state index < -0.39 is 12.2 Å². The SMILES string of the molecule is Nc1cncn1[C@@H]1C[C@H](O)[C@@H](CO)O1. The highest BCUT2D eigenvalue weighted by molar-refractivity contribution is 5.25. The molecule has 78 valence electrons. The summed E-state index contributed by atoms with van der Waals surface area (Å²) in [6, 6.07) is 0. The molecule has 1 aliphatic rings. The number of nitrogens with two attached hydrogens (primary N) is 1. The molecule has 0 amide bonds. The molecule has 0 aromatic carbocycles. The van der Waals surface area contributed by atoms with Crippen molar-refractivity contribution < 1.29 is 14.9 Å². The van der Waals surface area contributed by atoms with Crippen molar-refractivity contribution in [1.29, 1.82) is 0 Å². The molecule has 1 aromatic heterocycles. The summed E-state index contributed by atoms with van der Waals surface area (Å²) in [7, 11) is 0. The Labute approximate surface area is 80.9 Å². The van der Waals surface area contributed by atoms with Crippen LogP contribution >= 0.6 is 0 Å². The molecule has 2 rings (SSSR count). The smallest absolute Gasteiger partial charge is 0.139 e. The van der Waals surface area contributed by atoms with Crippen LogP contribution in [0.3, 0.4) is 0 Å². The maximum absolute atomic E-state index is 9.49. The van der Waals surface area contributed by atoms with Crippen molar-refractivity contribution in [3.05, 3.63) is 12.5 Å². The van der Waals surface area contributed by atoms with Crippen LogP contribution in [0.25, 0.3) is 0 Å². The van der Waals surface area contributed by atoms with E-state index in [4.69, 9.17) is 15.6 Å². The molecule has 14 heavy (non-hydrogen) atoms. The van der Waals surface area contributed by atoms with Gasteiger partial charge >= 0.3 is 0 Å². The number of nitrogen functional groups attached to an aromatic ring is 1. The molecule has 3 atom stereocenters. The van der Waals surface area contributed by atoms with Crippen LogP contribution in [-0.4, -0.2) is 38.6 Å². The second-order valence-electron chi connectivity index (χ2n) is 3.34. The van der Waals surface area contributed by atoms with E-state index in [0.29, 0.717) is 12.2 Å². The first-order valence-corrected chi connectivity index (χ1v) is 4.44. The zero-order valence-corrected chi connectivity index (χ0v) is 7.58. The Kier molecular flexibility index (Phi) is 2.40. The maximum atomic E-state index is 9.49. The molecule has 1 aliphatic heterocycles. The molecule has 0 bridgehead atoms. The second-order valence-corrected chi connectivity index (χ2v) is 3.34. The van der Waals surface area contributed by atoms with E-state index in [-0.39, 0.29) is 12.8 Å². The largest absolute Gasteiger partial charge is 0.394 e. The quantitative estimate of drug-likeness (QED) is 0.574. The van der Waals surface area contributed by atoms with Gasteiger partial charge in [-0.25, -0.2) is 4.98 Å². The van der Waals surface area contributed by atoms with Crippen LogP contribution in [0.4, 0.5) is 5.82 Å². The molecule has 6 nitrogen and oxygen atoms in total. The van der Waals surface area contributed by atoms with Gasteiger partial charge in [-0.1, -0.05) is 0 Å². The van der Waals surface area contributed by atoms with Gasteiger partial charge < -0.3 is 20.7 Å². The van der Waals surface area contributed by atoms with Gasteiger partial charge in [0.25, 0.3) is 0 Å². The van der Waals surface area contributed by atoms with Gasteiger partial charge in [-0.3, -0.25) is 4.57 Å². The number of hydrogen-bond donors (Lipinski definition) is 3. The Hall–Kier alpha value is -1.11. The van der Waals surface area contributed by atoms with Crippen molar-refractivity contribution >= 4 is 5.82 Å². The molecule has 0 aliphatic carbocycles. The topological polar surface area (TPSA) is 93.5 Å². The lowest BCUT2D eigenvalue weighted by Crippen LogP contribution is -2.24. The highest BCUT2D eigenvalue weighted by Crippen LogP contribution is 2.29. The molecule has 6 heteroatoms. The number of imidazole rings is 1. The average molecular weight is 199 g/mol. The third kappa shape index (κ3) is 1.47. The van der Waals surface area contributed by atoms with Crippen LogP contribution in [0.2, 0.25) is 0 Å². The first-order chi connectivity index (χ1) is 6.72. The first-order valence-electron chi connectivity index (χ1n) is 4.44. The van der Waals surface area contributed by atoms with E-state index in [2.05, 4.69) is 4.98 Å². The van der Waals surface area contributed by atoms with Gasteiger partial charge in [-0.15, -0.1) is 0 Å². The molecule has 1 saturated heterocycles. The van der Waals surface area contributed by atoms with E-state index >= 15 is 0 Å². The second kappa shape index (κ2) is 3.56. The molecule has 0 radical (unpaired) electrons. The molecular weight excluding hydrogens is 186 g/mol. The van der Waals surface area contributed by atoms with Crippen LogP contribution in [0.15, 0.2) is 12.5 Å². The van der Waals surface area contributed by atoms with Crippen LogP contribution in [0, 0.1) is 0 Å². The minimum Gasteiger partial charge on any atom is -0.394 e. The summed E-state index contributed by atoms with van der Waals surface area (Å²) in [5.41, 5.74) is 5.63. The van der Waals surface area contributed by atoms with Gasteiger partial charge in [0.15, 0.2) is 0 Å². The normalized spacial score (nSPS) is 32.3. The molecule has 0 unspecified atom stereocenters. The number of anilines is 1. The minimum atomic E-state index is -0.646. The summed E-state index contributed by atoms with van der Waals surface area (Å²) in [5, 5.41) is 18.4. The number of hydrogen-bond acceptors (Lipinski definition) is 5. The predicted octanol–water partition coefficient (Wildman–Crippen LogP) is -0.894. The summed E-state index contributed by atoms with van der Waals surface area (Å²) in [6.45, 7) is -0.188. The number of nitrogens with zero attached hydrogens (tertiary/aromatic N) is 2. The van der Waals surface area contributed by atoms with E-state index in [0.717, 1.165) is 0 Å². The highest BCUT2D eigenvalue weighted by Gasteiger charge is 2.34. The van der Waals surface area contributed by atoms with Crippen molar-refractivity contribution in [2.24, 2.45) is 0 Å². The van der Waals surface area contributed by atoms with Crippen molar-refractivity contribution in [2.75, 3.05) is 12.3 Å². The predicted molar refractivity (Wildman–Crippen MR) is 48.3 cm³/mol. The Balaban J connectivity index is 2.12. The van der Waals surface area contributed by atoms with Crippen molar-refractivity contribution in [2.45, 2.75) is 24.9 Å². The number of aliphatic hydroxyl groups is 2. The van der Waals surface area contributed by atoms with Gasteiger partial charge in [0, 0.05) is 6.42 Å². The summed E-state index contributed by atoms with van der Waals surface area (Å²) < 4.78 is 7.03. The van der Waals surface area contributed by atoms with Crippen molar-refractivity contribution in [3.63, 3.8) is 0 Å². The summed E-state index contributed by atoms with van der Waals surface area (Å²) >= 11 is 0. The molecule has 1 fully saturated rings. The van der Waals surface area contributed by atoms with Crippen LogP contribution in [0.1, 0.15) is 12.6 Å². The molecule has 0 saturated carbocycles. The van der Waals surface area contributed by atoms with E-state index in [1.165, 1.54) is 6.20 Å². The lowest BCUT2D eigenvalue weighted by molar-refractivity contribution is -0.0436. The van der Waals surface area contributed by atoms with E-state index in [9.17, 15) is 5.11 Å². The number of rotatable bonds is 2. The van der Waals surface area contributed by atoms with Gasteiger partial charge in [-0.2, -0.15) is 0 Å². The standard InChI is InChI=1S/C8H13N3O3/c9-7-2-10-4-11(7)8-1-5(13)6(3-12)14-8/h2,4-6,8,12-13H,1,3,9H2/t5-,6+,8-/m0/s1. The monoisotopic (exact) mass is 199 g/mol. The van der Waals surface area contributed by atoms with E-state index in [1.807, 2.05) is 0 Å². The van der Waals surface area contributed by atoms with Crippen molar-refractivity contribution in [3.8, 4) is 0 Å². The van der Waals surface area contributed by atoms with Crippen LogP contribution < -0.4 is 5.73 Å². The fourth-order valence-corrected chi connectivity index (χ4v) is 1.61. The van der Waals surface area contributed by atoms with Gasteiger partial charge in [0.1, 0.15) is 18.1 Å². The zero-order chi connectivity index (χ0) is 10.1. The minimum absolute atomic E-state index is 0.188. The third-order valence-corrected chi connectivity index (χ3v) is 2.39. The molecule has 2 heterocycles. The number of aromatic nitrogens is 2. The fraction of sp³-hybridized carbons (Fsp3) is 0.625. The Bertz CT molecular complexity index is 315. The third-order valence-electron chi connectivity index (χ3n) is 2.39. The average Bonchev–Trinajstić information content (AvgIpc) is 2.71. The number of ether oxygens (including phenoxy) is 1. The van der Waals surface area contributed by atoms with Crippen LogP contribution in [-0.2, 0) is 4.74 Å². The maximum Gasteiger partial charge on any atom is 0.139 e. The Morgan fingerprint density at radius 3 is 3.00 bits per heavy atom. The number of aliphatic hydroxyl groups excluding tert-OH is 2. The summed E-state index contributed by atoms with van der Waals surface area (Å²) in [5.74, 6) is 0.487. The van der Waals surface area contributed by atoms with Crippen molar-refractivity contribution in [1.82, 2.24) is 9.55 Å². The molecular formula is C8H13N3O3. The lowest BCUT2D eigenvalue weighted by atomic mass is 10.2. The first kappa shape index (κ1) is 9.45. The molecule has 1 aromatic rings. The van der Waals surface area contributed by atoms with Gasteiger partial charge in [-0.05, 0) is 0 Å². The Morgan fingerprint density at radius 1 is 1.71 bits per heavy atom. The fourth-order valence-electron chi connectivity index (χ4n) is 1.61. The van der Waals surface area contributed by atoms with E-state index in [1.54, 1.807) is 10.9 Å². The summed E-state index contributed by atoms with van der Waals surface area (Å²) in [4.78, 5) is 3.86. The lowest BCUT2D eigenvalue weighted by Gasteiger charge is -2.14. The molecule has 4 N–H and O–H groups in total. The zero-order valence-electron chi connectivity index (χ0n) is 7.58. The Morgan fingerprint density at radius 2 is 2.50 bits per heavy atom. The van der Waals surface area contributed by atoms with Crippen LogP contribution in [0.5, 0.6) is 0 Å². The van der Waals surface area contributed by atoms with Gasteiger partial charge in [0.05, 0.1) is 25.2 Å². The van der Waals surface area contributed by atoms with Gasteiger partial charge in [0.2, 0.25) is 0 Å². The highest BCUT2D eigenvalue weighted by atomic mass is 16.5.